The predicted octanol–water partition coefficient (Wildman–Crippen LogP) is 5.15. The molecule has 0 amide bonds. The number of halogens is 1. The van der Waals surface area contributed by atoms with Crippen LogP contribution in [0.25, 0.3) is 11.3 Å². The van der Waals surface area contributed by atoms with Crippen LogP contribution in [0.2, 0.25) is 0 Å². The number of nitrogens with two attached hydrogens (primary N) is 1. The van der Waals surface area contributed by atoms with Crippen molar-refractivity contribution < 1.29 is 5.82 Å². The van der Waals surface area contributed by atoms with Gasteiger partial charge in [0, 0.05) is 37.4 Å². The molecule has 0 bridgehead atoms. The molecule has 0 radical (unpaired) electrons. The van der Waals surface area contributed by atoms with E-state index in [1.165, 1.54) is 25.1 Å². The monoisotopic (exact) mass is 393 g/mol. The van der Waals surface area contributed by atoms with Crippen molar-refractivity contribution >= 4 is 17.1 Å². The topological polar surface area (TPSA) is 78.9 Å². The van der Waals surface area contributed by atoms with E-state index in [2.05, 4.69) is 14.9 Å². The van der Waals surface area contributed by atoms with Crippen LogP contribution in [0.5, 0.6) is 0 Å². The van der Waals surface area contributed by atoms with Crippen LogP contribution in [-0.2, 0) is 0 Å². The molecule has 3 N–H and O–H groups in total. The van der Waals surface area contributed by atoms with Gasteiger partial charge in [0.15, 0.2) is 0 Å². The van der Waals surface area contributed by atoms with Gasteiger partial charge < -0.3 is 10.6 Å². The number of nitrogens with one attached hydrogen (secondary N) is 1. The Bertz CT molecular complexity index is 1000. The number of pyridine rings is 2. The summed E-state index contributed by atoms with van der Waals surface area (Å²) >= 11 is 0. The van der Waals surface area contributed by atoms with Crippen molar-refractivity contribution in [3.05, 3.63) is 71.9 Å². The highest BCUT2D eigenvalue weighted by atomic mass is 19.1. The third kappa shape index (κ3) is 4.42. The zero-order valence-electron chi connectivity index (χ0n) is 16.8. The zero-order valence-corrected chi connectivity index (χ0v) is 16.8. The van der Waals surface area contributed by atoms with Crippen LogP contribution in [0.1, 0.15) is 39.2 Å². The summed E-state index contributed by atoms with van der Waals surface area (Å²) in [6.07, 6.45) is 7.49. The summed E-state index contributed by atoms with van der Waals surface area (Å²) < 4.78 is 14.1. The van der Waals surface area contributed by atoms with E-state index in [1.54, 1.807) is 30.5 Å². The summed E-state index contributed by atoms with van der Waals surface area (Å²) in [6.45, 7) is 6.06. The second-order valence-electron chi connectivity index (χ2n) is 6.64. The fourth-order valence-corrected chi connectivity index (χ4v) is 3.37. The molecule has 1 aliphatic heterocycles. The number of benzene rings is 1. The van der Waals surface area contributed by atoms with E-state index in [1.807, 2.05) is 26.1 Å². The van der Waals surface area contributed by atoms with E-state index < -0.39 is 5.82 Å². The van der Waals surface area contributed by atoms with Gasteiger partial charge in [0.2, 0.25) is 0 Å². The number of anilines is 2. The summed E-state index contributed by atoms with van der Waals surface area (Å²) in [6, 6.07) is 10.00. The molecule has 2 aromatic heterocycles. The molecule has 3 heterocycles. The Morgan fingerprint density at radius 3 is 2.52 bits per heavy atom. The predicted molar refractivity (Wildman–Crippen MR) is 119 cm³/mol. The summed E-state index contributed by atoms with van der Waals surface area (Å²) in [5, 5.41) is 8.42. The van der Waals surface area contributed by atoms with E-state index in [-0.39, 0.29) is 12.7 Å². The molecule has 0 aliphatic carbocycles. The van der Waals surface area contributed by atoms with Crippen molar-refractivity contribution in [2.45, 2.75) is 26.7 Å². The minimum Gasteiger partial charge on any atom is -0.397 e. The smallest absolute Gasteiger partial charge is 0.132 e. The minimum atomic E-state index is -0.446. The van der Waals surface area contributed by atoms with Crippen molar-refractivity contribution in [3.8, 4) is 11.3 Å². The molecule has 6 heteroatoms. The summed E-state index contributed by atoms with van der Waals surface area (Å²) in [7, 11) is 0. The molecule has 5 nitrogen and oxygen atoms in total. The van der Waals surface area contributed by atoms with Crippen molar-refractivity contribution in [2.75, 3.05) is 23.7 Å². The van der Waals surface area contributed by atoms with Gasteiger partial charge in [-0.05, 0) is 37.1 Å². The Hall–Kier alpha value is -3.28. The second-order valence-corrected chi connectivity index (χ2v) is 6.64. The number of nitrogen functional groups attached to an aromatic ring is 1. The van der Waals surface area contributed by atoms with Crippen molar-refractivity contribution in [1.29, 1.82) is 5.41 Å². The van der Waals surface area contributed by atoms with Gasteiger partial charge in [-0.15, -0.1) is 0 Å². The van der Waals surface area contributed by atoms with E-state index in [4.69, 9.17) is 11.1 Å². The van der Waals surface area contributed by atoms with Crippen LogP contribution in [0.3, 0.4) is 0 Å². The normalized spacial score (nSPS) is 13.0. The molecule has 3 aromatic rings. The third-order valence-electron chi connectivity index (χ3n) is 4.84. The standard InChI is InChI=1S/C21H20FN5.C2H6.H2/c22-18-6-2-1-5-16(18)21(24)17-10-20(26-13-19(17)23)14-9-15(12-25-11-14)27-7-3-4-8-27;1-2;/h1-2,5-6,9-13,24H,3-4,7-8,23H2;1-2H3;1H. The molecular weight excluding hydrogens is 365 g/mol. The average molecular weight is 394 g/mol. The lowest BCUT2D eigenvalue weighted by Crippen LogP contribution is -2.17. The number of hydrogen-bond acceptors (Lipinski definition) is 5. The number of hydrogen-bond donors (Lipinski definition) is 2. The fourth-order valence-electron chi connectivity index (χ4n) is 3.37. The van der Waals surface area contributed by atoms with Gasteiger partial charge >= 0.3 is 0 Å². The molecule has 0 atom stereocenters. The lowest BCUT2D eigenvalue weighted by atomic mass is 9.99. The Labute approximate surface area is 172 Å². The van der Waals surface area contributed by atoms with E-state index in [0.29, 0.717) is 16.9 Å². The maximum absolute atomic E-state index is 14.1. The Morgan fingerprint density at radius 2 is 1.79 bits per heavy atom. The van der Waals surface area contributed by atoms with Gasteiger partial charge in [-0.2, -0.15) is 0 Å². The molecule has 0 spiro atoms. The molecule has 4 rings (SSSR count). The number of nitrogens with zero attached hydrogens (tertiary/aromatic N) is 3. The molecule has 0 unspecified atom stereocenters. The third-order valence-corrected chi connectivity index (χ3v) is 4.84. The average Bonchev–Trinajstić information content (AvgIpc) is 3.31. The van der Waals surface area contributed by atoms with Gasteiger partial charge in [0.05, 0.1) is 35.2 Å². The summed E-state index contributed by atoms with van der Waals surface area (Å²) in [5.74, 6) is -0.446. The van der Waals surface area contributed by atoms with Crippen LogP contribution in [0.15, 0.2) is 55.0 Å². The first-order valence-corrected chi connectivity index (χ1v) is 9.93. The Balaban J connectivity index is 0.00000104. The fraction of sp³-hybridized carbons (Fsp3) is 0.261. The van der Waals surface area contributed by atoms with Gasteiger partial charge in [0.25, 0.3) is 0 Å². The highest BCUT2D eigenvalue weighted by Crippen LogP contribution is 2.27. The largest absolute Gasteiger partial charge is 0.397 e. The molecular formula is C23H28FN5. The van der Waals surface area contributed by atoms with Crippen LogP contribution in [-0.4, -0.2) is 28.8 Å². The van der Waals surface area contributed by atoms with Crippen molar-refractivity contribution in [1.82, 2.24) is 9.97 Å². The highest BCUT2D eigenvalue weighted by molar-refractivity contribution is 6.14. The molecule has 152 valence electrons. The zero-order chi connectivity index (χ0) is 20.8. The molecule has 1 aromatic carbocycles. The maximum atomic E-state index is 14.1. The number of aromatic nitrogens is 2. The summed E-state index contributed by atoms with van der Waals surface area (Å²) in [5.41, 5.74) is 9.66. The Morgan fingerprint density at radius 1 is 1.07 bits per heavy atom. The molecule has 1 fully saturated rings. The first kappa shape index (κ1) is 20.5. The van der Waals surface area contributed by atoms with Gasteiger partial charge in [-0.1, -0.05) is 26.0 Å². The van der Waals surface area contributed by atoms with Crippen LogP contribution in [0, 0.1) is 11.2 Å². The quantitative estimate of drug-likeness (QED) is 0.601. The highest BCUT2D eigenvalue weighted by Gasteiger charge is 2.16. The van der Waals surface area contributed by atoms with E-state index in [0.717, 1.165) is 24.3 Å². The maximum Gasteiger partial charge on any atom is 0.132 e. The van der Waals surface area contributed by atoms with E-state index in [9.17, 15) is 4.39 Å². The van der Waals surface area contributed by atoms with Crippen LogP contribution >= 0.6 is 0 Å². The van der Waals surface area contributed by atoms with Crippen LogP contribution < -0.4 is 10.6 Å². The van der Waals surface area contributed by atoms with Gasteiger partial charge in [0.1, 0.15) is 5.82 Å². The van der Waals surface area contributed by atoms with Crippen LogP contribution in [0.4, 0.5) is 15.8 Å². The molecule has 29 heavy (non-hydrogen) atoms. The SMILES string of the molecule is CC.N=C(c1cc(-c2cncc(N3CCCC3)c2)ncc1N)c1ccccc1F.[HH]. The van der Waals surface area contributed by atoms with Gasteiger partial charge in [-0.25, -0.2) is 4.39 Å². The minimum absolute atomic E-state index is 0. The first-order valence-electron chi connectivity index (χ1n) is 9.93. The van der Waals surface area contributed by atoms with Crippen molar-refractivity contribution in [3.63, 3.8) is 0 Å². The Kier molecular flexibility index (Phi) is 6.54. The van der Waals surface area contributed by atoms with E-state index >= 15 is 0 Å². The first-order chi connectivity index (χ1) is 14.1. The molecule has 1 aliphatic rings. The second kappa shape index (κ2) is 9.28. The van der Waals surface area contributed by atoms with Gasteiger partial charge in [-0.3, -0.25) is 15.4 Å². The lowest BCUT2D eigenvalue weighted by molar-refractivity contribution is 0.625. The summed E-state index contributed by atoms with van der Waals surface area (Å²) in [4.78, 5) is 11.1. The molecule has 1 saturated heterocycles. The molecule has 0 saturated carbocycles. The van der Waals surface area contributed by atoms with Crippen molar-refractivity contribution in [2.24, 2.45) is 0 Å². The number of rotatable bonds is 4. The lowest BCUT2D eigenvalue weighted by Gasteiger charge is -2.18.